The number of carbonyl (C=O) groups is 1. The second-order valence-corrected chi connectivity index (χ2v) is 5.10. The molecule has 6 nitrogen and oxygen atoms in total. The Kier molecular flexibility index (Phi) is 3.43. The molecule has 3 rings (SSSR count). The Labute approximate surface area is 122 Å². The predicted molar refractivity (Wildman–Crippen MR) is 80.9 cm³/mol. The van der Waals surface area contributed by atoms with Crippen LogP contribution in [0.15, 0.2) is 36.7 Å². The van der Waals surface area contributed by atoms with Gasteiger partial charge in [0, 0.05) is 31.1 Å². The molecule has 21 heavy (non-hydrogen) atoms. The molecule has 0 aliphatic heterocycles. The number of rotatable bonds is 4. The third-order valence-electron chi connectivity index (χ3n) is 3.33. The zero-order chi connectivity index (χ0) is 14.8. The van der Waals surface area contributed by atoms with E-state index in [0.717, 1.165) is 10.9 Å². The largest absolute Gasteiger partial charge is 0.309 e. The zero-order valence-corrected chi connectivity index (χ0v) is 12.1. The SMILES string of the molecule is Cc1ccc2c(cnn2CCC(=O)Nc2ccn(C)n2)c1. The molecule has 0 saturated heterocycles. The topological polar surface area (TPSA) is 64.7 Å². The van der Waals surface area contributed by atoms with Gasteiger partial charge in [0.05, 0.1) is 18.3 Å². The van der Waals surface area contributed by atoms with E-state index in [1.54, 1.807) is 16.9 Å². The highest BCUT2D eigenvalue weighted by molar-refractivity contribution is 5.89. The van der Waals surface area contributed by atoms with E-state index in [2.05, 4.69) is 34.6 Å². The van der Waals surface area contributed by atoms with Crippen LogP contribution in [0.3, 0.4) is 0 Å². The molecule has 0 saturated carbocycles. The van der Waals surface area contributed by atoms with Crippen LogP contribution in [-0.4, -0.2) is 25.5 Å². The number of hydrogen-bond acceptors (Lipinski definition) is 3. The summed E-state index contributed by atoms with van der Waals surface area (Å²) in [4.78, 5) is 11.9. The average molecular weight is 283 g/mol. The summed E-state index contributed by atoms with van der Waals surface area (Å²) in [6, 6.07) is 7.94. The van der Waals surface area contributed by atoms with Crippen molar-refractivity contribution in [1.29, 1.82) is 0 Å². The van der Waals surface area contributed by atoms with Crippen molar-refractivity contribution in [3.63, 3.8) is 0 Å². The van der Waals surface area contributed by atoms with E-state index < -0.39 is 0 Å². The number of nitrogens with one attached hydrogen (secondary N) is 1. The van der Waals surface area contributed by atoms with Crippen LogP contribution < -0.4 is 5.32 Å². The van der Waals surface area contributed by atoms with Crippen LogP contribution in [-0.2, 0) is 18.4 Å². The van der Waals surface area contributed by atoms with Crippen molar-refractivity contribution in [2.24, 2.45) is 7.05 Å². The molecule has 0 fully saturated rings. The molecule has 108 valence electrons. The Morgan fingerprint density at radius 2 is 2.19 bits per heavy atom. The summed E-state index contributed by atoms with van der Waals surface area (Å²) in [5.74, 6) is 0.507. The van der Waals surface area contributed by atoms with Gasteiger partial charge in [0.15, 0.2) is 5.82 Å². The van der Waals surface area contributed by atoms with E-state index in [4.69, 9.17) is 0 Å². The average Bonchev–Trinajstić information content (AvgIpc) is 3.02. The number of hydrogen-bond donors (Lipinski definition) is 1. The summed E-state index contributed by atoms with van der Waals surface area (Å²) in [5.41, 5.74) is 2.25. The molecule has 3 aromatic rings. The minimum absolute atomic E-state index is 0.0653. The van der Waals surface area contributed by atoms with Gasteiger partial charge in [-0.15, -0.1) is 0 Å². The van der Waals surface area contributed by atoms with Crippen LogP contribution in [0.2, 0.25) is 0 Å². The van der Waals surface area contributed by atoms with Crippen LogP contribution in [0.1, 0.15) is 12.0 Å². The molecule has 1 N–H and O–H groups in total. The lowest BCUT2D eigenvalue weighted by atomic mass is 10.2. The van der Waals surface area contributed by atoms with E-state index in [9.17, 15) is 4.79 Å². The van der Waals surface area contributed by atoms with Gasteiger partial charge in [0.2, 0.25) is 5.91 Å². The molecule has 0 spiro atoms. The molecule has 1 amide bonds. The van der Waals surface area contributed by atoms with Gasteiger partial charge in [0.25, 0.3) is 0 Å². The maximum absolute atomic E-state index is 11.9. The van der Waals surface area contributed by atoms with E-state index in [-0.39, 0.29) is 5.91 Å². The standard InChI is InChI=1S/C15H17N5O/c1-11-3-4-13-12(9-11)10-16-20(13)8-6-15(21)17-14-5-7-19(2)18-14/h3-5,7,9-10H,6,8H2,1-2H3,(H,17,18,21). The maximum Gasteiger partial charge on any atom is 0.227 e. The van der Waals surface area contributed by atoms with Gasteiger partial charge in [-0.3, -0.25) is 14.2 Å². The Hall–Kier alpha value is -2.63. The third kappa shape index (κ3) is 2.94. The fourth-order valence-electron chi connectivity index (χ4n) is 2.28. The van der Waals surface area contributed by atoms with Crippen molar-refractivity contribution in [2.45, 2.75) is 19.9 Å². The molecular weight excluding hydrogens is 266 g/mol. The first-order valence-electron chi connectivity index (χ1n) is 6.83. The number of anilines is 1. The summed E-state index contributed by atoms with van der Waals surface area (Å²) in [6.07, 6.45) is 3.99. The van der Waals surface area contributed by atoms with Crippen LogP contribution in [0, 0.1) is 6.92 Å². The highest BCUT2D eigenvalue weighted by Crippen LogP contribution is 2.15. The molecule has 0 bridgehead atoms. The highest BCUT2D eigenvalue weighted by Gasteiger charge is 2.07. The second kappa shape index (κ2) is 5.40. The Bertz CT molecular complexity index is 786. The maximum atomic E-state index is 11.9. The van der Waals surface area contributed by atoms with Gasteiger partial charge in [0.1, 0.15) is 0 Å². The Morgan fingerprint density at radius 1 is 1.33 bits per heavy atom. The second-order valence-electron chi connectivity index (χ2n) is 5.10. The quantitative estimate of drug-likeness (QED) is 0.797. The lowest BCUT2D eigenvalue weighted by Crippen LogP contribution is -2.15. The summed E-state index contributed by atoms with van der Waals surface area (Å²) in [7, 11) is 1.81. The van der Waals surface area contributed by atoms with Crippen molar-refractivity contribution in [3.05, 3.63) is 42.2 Å². The van der Waals surface area contributed by atoms with Gasteiger partial charge in [-0.1, -0.05) is 11.6 Å². The van der Waals surface area contributed by atoms with Crippen molar-refractivity contribution in [1.82, 2.24) is 19.6 Å². The van der Waals surface area contributed by atoms with Crippen LogP contribution in [0.4, 0.5) is 5.82 Å². The minimum atomic E-state index is -0.0653. The molecule has 6 heteroatoms. The lowest BCUT2D eigenvalue weighted by molar-refractivity contribution is -0.116. The van der Waals surface area contributed by atoms with E-state index in [1.807, 2.05) is 24.0 Å². The summed E-state index contributed by atoms with van der Waals surface area (Å²) >= 11 is 0. The smallest absolute Gasteiger partial charge is 0.227 e. The summed E-state index contributed by atoms with van der Waals surface area (Å²) in [6.45, 7) is 2.60. The van der Waals surface area contributed by atoms with Crippen LogP contribution in [0.5, 0.6) is 0 Å². The monoisotopic (exact) mass is 283 g/mol. The molecule has 0 unspecified atom stereocenters. The van der Waals surface area contributed by atoms with Crippen molar-refractivity contribution in [2.75, 3.05) is 5.32 Å². The highest BCUT2D eigenvalue weighted by atomic mass is 16.1. The first kappa shape index (κ1) is 13.4. The molecule has 2 heterocycles. The molecule has 0 radical (unpaired) electrons. The van der Waals surface area contributed by atoms with Gasteiger partial charge >= 0.3 is 0 Å². The molecule has 0 atom stereocenters. The number of amides is 1. The zero-order valence-electron chi connectivity index (χ0n) is 12.1. The van der Waals surface area contributed by atoms with Gasteiger partial charge in [-0.2, -0.15) is 10.2 Å². The third-order valence-corrected chi connectivity index (χ3v) is 3.33. The minimum Gasteiger partial charge on any atom is -0.309 e. The first-order valence-corrected chi connectivity index (χ1v) is 6.83. The number of aryl methyl sites for hydroxylation is 3. The molecule has 0 aliphatic rings. The Morgan fingerprint density at radius 3 is 2.95 bits per heavy atom. The number of benzene rings is 1. The van der Waals surface area contributed by atoms with Gasteiger partial charge < -0.3 is 5.32 Å². The van der Waals surface area contributed by atoms with E-state index in [0.29, 0.717) is 18.8 Å². The number of nitrogens with zero attached hydrogens (tertiary/aromatic N) is 4. The van der Waals surface area contributed by atoms with Crippen molar-refractivity contribution in [3.8, 4) is 0 Å². The molecule has 0 aliphatic carbocycles. The number of carbonyl (C=O) groups excluding carboxylic acids is 1. The van der Waals surface area contributed by atoms with Crippen molar-refractivity contribution >= 4 is 22.6 Å². The van der Waals surface area contributed by atoms with Crippen molar-refractivity contribution < 1.29 is 4.79 Å². The molecule has 2 aromatic heterocycles. The normalized spacial score (nSPS) is 11.0. The van der Waals surface area contributed by atoms with Crippen LogP contribution >= 0.6 is 0 Å². The summed E-state index contributed by atoms with van der Waals surface area (Å²) < 4.78 is 3.51. The number of aromatic nitrogens is 4. The Balaban J connectivity index is 1.64. The van der Waals surface area contributed by atoms with E-state index >= 15 is 0 Å². The number of fused-ring (bicyclic) bond motifs is 1. The van der Waals surface area contributed by atoms with Gasteiger partial charge in [-0.25, -0.2) is 0 Å². The predicted octanol–water partition coefficient (Wildman–Crippen LogP) is 2.11. The van der Waals surface area contributed by atoms with Gasteiger partial charge in [-0.05, 0) is 19.1 Å². The first-order chi connectivity index (χ1) is 10.1. The molecule has 1 aromatic carbocycles. The van der Waals surface area contributed by atoms with Crippen LogP contribution in [0.25, 0.3) is 10.9 Å². The fourth-order valence-corrected chi connectivity index (χ4v) is 2.28. The summed E-state index contributed by atoms with van der Waals surface area (Å²) in [5, 5.41) is 12.3. The van der Waals surface area contributed by atoms with E-state index in [1.165, 1.54) is 5.56 Å². The fraction of sp³-hybridized carbons (Fsp3) is 0.267. The molecular formula is C15H17N5O. The lowest BCUT2D eigenvalue weighted by Gasteiger charge is -2.04.